The van der Waals surface area contributed by atoms with Gasteiger partial charge in [0.15, 0.2) is 0 Å². The molecule has 0 aromatic carbocycles. The first kappa shape index (κ1) is 13.1. The van der Waals surface area contributed by atoms with Gasteiger partial charge in [0.05, 0.1) is 0 Å². The van der Waals surface area contributed by atoms with Crippen LogP contribution in [0.25, 0.3) is 0 Å². The Morgan fingerprint density at radius 2 is 2.24 bits per heavy atom. The predicted molar refractivity (Wildman–Crippen MR) is 76.8 cm³/mol. The van der Waals surface area contributed by atoms with E-state index in [0.717, 1.165) is 24.3 Å². The van der Waals surface area contributed by atoms with E-state index in [2.05, 4.69) is 37.5 Å². The third kappa shape index (κ3) is 3.32. The topological polar surface area (TPSA) is 12.0 Å². The molecule has 1 aliphatic carbocycles. The summed E-state index contributed by atoms with van der Waals surface area (Å²) in [5.74, 6) is 2.45. The third-order valence-electron chi connectivity index (χ3n) is 3.92. The maximum Gasteiger partial charge on any atom is 0.00491 e. The summed E-state index contributed by atoms with van der Waals surface area (Å²) in [6, 6.07) is 2.35. The molecule has 96 valence electrons. The van der Waals surface area contributed by atoms with Gasteiger partial charge in [-0.3, -0.25) is 0 Å². The van der Waals surface area contributed by atoms with Crippen LogP contribution in [0.5, 0.6) is 0 Å². The standard InChI is InChI=1S/C15H25NS/c1-11(2)9-16-10-13-5-4-6-15(13)14-7-8-17-12(14)3/h7-8,11,13,15-16H,4-6,9-10H2,1-3H3. The molecule has 2 atom stereocenters. The van der Waals surface area contributed by atoms with E-state index in [1.807, 2.05) is 11.3 Å². The van der Waals surface area contributed by atoms with Crippen LogP contribution in [-0.4, -0.2) is 13.1 Å². The van der Waals surface area contributed by atoms with Crippen LogP contribution in [0.2, 0.25) is 0 Å². The largest absolute Gasteiger partial charge is 0.316 e. The van der Waals surface area contributed by atoms with Gasteiger partial charge in [-0.05, 0) is 67.6 Å². The summed E-state index contributed by atoms with van der Waals surface area (Å²) in [5, 5.41) is 5.89. The molecule has 0 amide bonds. The molecule has 2 rings (SSSR count). The Morgan fingerprint density at radius 3 is 2.88 bits per heavy atom. The van der Waals surface area contributed by atoms with Gasteiger partial charge >= 0.3 is 0 Å². The van der Waals surface area contributed by atoms with Gasteiger partial charge < -0.3 is 5.32 Å². The van der Waals surface area contributed by atoms with E-state index < -0.39 is 0 Å². The number of aryl methyl sites for hydroxylation is 1. The van der Waals surface area contributed by atoms with Crippen molar-refractivity contribution in [3.63, 3.8) is 0 Å². The minimum atomic E-state index is 0.762. The molecule has 1 aromatic rings. The van der Waals surface area contributed by atoms with Crippen LogP contribution in [0.4, 0.5) is 0 Å². The minimum Gasteiger partial charge on any atom is -0.316 e. The molecule has 2 unspecified atom stereocenters. The molecule has 0 radical (unpaired) electrons. The van der Waals surface area contributed by atoms with Gasteiger partial charge in [0.1, 0.15) is 0 Å². The van der Waals surface area contributed by atoms with Crippen molar-refractivity contribution in [3.8, 4) is 0 Å². The van der Waals surface area contributed by atoms with Crippen molar-refractivity contribution in [2.75, 3.05) is 13.1 Å². The Kier molecular flexibility index (Phi) is 4.63. The molecule has 0 aliphatic heterocycles. The Morgan fingerprint density at radius 1 is 1.41 bits per heavy atom. The molecule has 1 heterocycles. The fourth-order valence-electron chi connectivity index (χ4n) is 3.03. The van der Waals surface area contributed by atoms with Crippen molar-refractivity contribution < 1.29 is 0 Å². The summed E-state index contributed by atoms with van der Waals surface area (Å²) in [5.41, 5.74) is 1.63. The number of hydrogen-bond donors (Lipinski definition) is 1. The molecule has 1 aromatic heterocycles. The van der Waals surface area contributed by atoms with E-state index in [4.69, 9.17) is 0 Å². The van der Waals surface area contributed by atoms with Crippen LogP contribution in [0, 0.1) is 18.8 Å². The zero-order valence-corrected chi connectivity index (χ0v) is 12.1. The fourth-order valence-corrected chi connectivity index (χ4v) is 3.80. The fraction of sp³-hybridized carbons (Fsp3) is 0.733. The summed E-state index contributed by atoms with van der Waals surface area (Å²) >= 11 is 1.90. The second-order valence-electron chi connectivity index (χ2n) is 5.78. The average molecular weight is 251 g/mol. The lowest BCUT2D eigenvalue weighted by molar-refractivity contribution is 0.425. The van der Waals surface area contributed by atoms with Crippen LogP contribution < -0.4 is 5.32 Å². The van der Waals surface area contributed by atoms with Crippen molar-refractivity contribution in [3.05, 3.63) is 21.9 Å². The van der Waals surface area contributed by atoms with E-state index in [9.17, 15) is 0 Å². The van der Waals surface area contributed by atoms with Crippen molar-refractivity contribution in [2.45, 2.75) is 46.0 Å². The smallest absolute Gasteiger partial charge is 0.00491 e. The average Bonchev–Trinajstić information content (AvgIpc) is 2.86. The van der Waals surface area contributed by atoms with Crippen LogP contribution >= 0.6 is 11.3 Å². The Bertz CT molecular complexity index is 342. The molecule has 0 saturated heterocycles. The van der Waals surface area contributed by atoms with Crippen molar-refractivity contribution in [1.82, 2.24) is 5.32 Å². The highest BCUT2D eigenvalue weighted by Gasteiger charge is 2.29. The zero-order chi connectivity index (χ0) is 12.3. The third-order valence-corrected chi connectivity index (χ3v) is 4.78. The van der Waals surface area contributed by atoms with E-state index in [1.165, 1.54) is 30.7 Å². The molecule has 1 aliphatic rings. The lowest BCUT2D eigenvalue weighted by atomic mass is 9.89. The Balaban J connectivity index is 1.91. The lowest BCUT2D eigenvalue weighted by Crippen LogP contribution is -2.27. The maximum atomic E-state index is 3.64. The molecule has 2 heteroatoms. The highest BCUT2D eigenvalue weighted by molar-refractivity contribution is 7.10. The van der Waals surface area contributed by atoms with Crippen molar-refractivity contribution in [1.29, 1.82) is 0 Å². The number of nitrogens with one attached hydrogen (secondary N) is 1. The number of rotatable bonds is 5. The second-order valence-corrected chi connectivity index (χ2v) is 6.90. The van der Waals surface area contributed by atoms with E-state index in [1.54, 1.807) is 5.56 Å². The van der Waals surface area contributed by atoms with E-state index in [0.29, 0.717) is 0 Å². The summed E-state index contributed by atoms with van der Waals surface area (Å²) in [4.78, 5) is 1.53. The molecule has 0 bridgehead atoms. The first-order valence-electron chi connectivity index (χ1n) is 6.93. The quantitative estimate of drug-likeness (QED) is 0.827. The van der Waals surface area contributed by atoms with Gasteiger partial charge in [0, 0.05) is 4.88 Å². The first-order chi connectivity index (χ1) is 8.18. The number of thiophene rings is 1. The molecule has 17 heavy (non-hydrogen) atoms. The molecule has 1 N–H and O–H groups in total. The molecular weight excluding hydrogens is 226 g/mol. The predicted octanol–water partition coefficient (Wildman–Crippen LogP) is 4.19. The zero-order valence-electron chi connectivity index (χ0n) is 11.3. The Hall–Kier alpha value is -0.340. The molecule has 1 saturated carbocycles. The number of hydrogen-bond acceptors (Lipinski definition) is 2. The first-order valence-corrected chi connectivity index (χ1v) is 7.81. The van der Waals surface area contributed by atoms with Gasteiger partial charge in [-0.25, -0.2) is 0 Å². The Labute approximate surface area is 110 Å². The highest BCUT2D eigenvalue weighted by atomic mass is 32.1. The van der Waals surface area contributed by atoms with Crippen molar-refractivity contribution in [2.24, 2.45) is 11.8 Å². The highest BCUT2D eigenvalue weighted by Crippen LogP contribution is 2.41. The van der Waals surface area contributed by atoms with Gasteiger partial charge in [-0.2, -0.15) is 0 Å². The minimum absolute atomic E-state index is 0.762. The molecule has 1 nitrogen and oxygen atoms in total. The van der Waals surface area contributed by atoms with Crippen LogP contribution in [0.15, 0.2) is 11.4 Å². The van der Waals surface area contributed by atoms with Gasteiger partial charge in [0.25, 0.3) is 0 Å². The molecule has 0 spiro atoms. The summed E-state index contributed by atoms with van der Waals surface area (Å²) in [7, 11) is 0. The maximum absolute atomic E-state index is 3.64. The van der Waals surface area contributed by atoms with Crippen LogP contribution in [-0.2, 0) is 0 Å². The SMILES string of the molecule is Cc1sccc1C1CCCC1CNCC(C)C. The molecular formula is C15H25NS. The van der Waals surface area contributed by atoms with Gasteiger partial charge in [-0.15, -0.1) is 11.3 Å². The van der Waals surface area contributed by atoms with E-state index in [-0.39, 0.29) is 0 Å². The lowest BCUT2D eigenvalue weighted by Gasteiger charge is -2.21. The summed E-state index contributed by atoms with van der Waals surface area (Å²) in [6.45, 7) is 9.20. The second kappa shape index (κ2) is 6.01. The summed E-state index contributed by atoms with van der Waals surface area (Å²) in [6.07, 6.45) is 4.21. The van der Waals surface area contributed by atoms with E-state index >= 15 is 0 Å². The van der Waals surface area contributed by atoms with Crippen LogP contribution in [0.1, 0.15) is 49.5 Å². The van der Waals surface area contributed by atoms with Gasteiger partial charge in [-0.1, -0.05) is 20.3 Å². The van der Waals surface area contributed by atoms with Crippen molar-refractivity contribution >= 4 is 11.3 Å². The summed E-state index contributed by atoms with van der Waals surface area (Å²) < 4.78 is 0. The normalized spacial score (nSPS) is 24.7. The van der Waals surface area contributed by atoms with Crippen LogP contribution in [0.3, 0.4) is 0 Å². The molecule has 1 fully saturated rings. The van der Waals surface area contributed by atoms with Gasteiger partial charge in [0.2, 0.25) is 0 Å². The monoisotopic (exact) mass is 251 g/mol.